The standard InChI is InChI=1S/C55H76N4O6.Mg/c1-13-39-34(7)41-29-46-48(38(11)60)36(9)43(57-46)27-42-35(8)40(52(58-42)50-51(55(63)64-12)54(62)49-37(10)44(59-53(49)50)28-45(39)56-41)23-24-47(61)65-26-25-33(6)22-16-21-32(5)20-15-19-31(4)18-14-17-30(2)3;/h25,27-32,34-35,39-40H,13-24,26H2,1-12H3,(H3,56,57,58,59,60,62,63);/q;+2/p-3/b33-25+;/t31-,32-,34-,35+,39-,40+;/m1./s1. The second-order valence-electron chi connectivity index (χ2n) is 20.0. The van der Waals surface area contributed by atoms with Crippen molar-refractivity contribution in [3.63, 3.8) is 0 Å². The van der Waals surface area contributed by atoms with E-state index in [4.69, 9.17) is 29.4 Å². The van der Waals surface area contributed by atoms with E-state index in [1.807, 2.05) is 45.0 Å². The molecule has 0 fully saturated rings. The molecular formula is C55H73MgN4O6-. The molecule has 0 aromatic carbocycles. The molecule has 0 radical (unpaired) electrons. The maximum atomic E-state index is 14.3. The molecule has 66 heavy (non-hydrogen) atoms. The number of ketones is 1. The van der Waals surface area contributed by atoms with E-state index in [-0.39, 0.29) is 77.1 Å². The third-order valence-electron chi connectivity index (χ3n) is 14.6. The first kappa shape index (κ1) is 52.7. The summed E-state index contributed by atoms with van der Waals surface area (Å²) in [6.07, 6.45) is 14.5. The number of rotatable bonds is 20. The van der Waals surface area contributed by atoms with Gasteiger partial charge in [-0.15, -0.1) is 22.1 Å². The Morgan fingerprint density at radius 1 is 0.773 bits per heavy atom. The van der Waals surface area contributed by atoms with E-state index in [1.165, 1.54) is 57.6 Å². The largest absolute Gasteiger partial charge is 2.00 e. The van der Waals surface area contributed by atoms with Crippen LogP contribution in [0.2, 0.25) is 0 Å². The van der Waals surface area contributed by atoms with Crippen LogP contribution in [-0.2, 0) is 19.1 Å². The number of fused-ring (bicyclic) bond motifs is 8. The minimum absolute atomic E-state index is 0. The van der Waals surface area contributed by atoms with Gasteiger partial charge in [0.15, 0.2) is 5.78 Å². The van der Waals surface area contributed by atoms with Gasteiger partial charge in [-0.25, -0.2) is 4.79 Å². The van der Waals surface area contributed by atoms with E-state index < -0.39 is 11.7 Å². The van der Waals surface area contributed by atoms with Gasteiger partial charge in [0.25, 0.3) is 0 Å². The quantitative estimate of drug-likeness (QED) is 0.0464. The van der Waals surface area contributed by atoms with Crippen molar-refractivity contribution >= 4 is 74.2 Å². The van der Waals surface area contributed by atoms with Crippen molar-refractivity contribution in [2.24, 2.45) is 17.8 Å². The second-order valence-corrected chi connectivity index (χ2v) is 20.0. The number of aryl methyl sites for hydroxylation is 2. The number of ether oxygens (including phenoxy) is 2. The Labute approximate surface area is 409 Å². The van der Waals surface area contributed by atoms with Crippen LogP contribution in [0, 0.1) is 31.6 Å². The molecular weight excluding hydrogens is 837 g/mol. The molecule has 8 bridgehead atoms. The van der Waals surface area contributed by atoms with Gasteiger partial charge in [-0.05, 0) is 88.3 Å². The molecule has 6 atom stereocenters. The van der Waals surface area contributed by atoms with Crippen LogP contribution in [0.3, 0.4) is 0 Å². The number of nitrogens with zero attached hydrogens (tertiary/aromatic N) is 4. The Morgan fingerprint density at radius 3 is 2.00 bits per heavy atom. The van der Waals surface area contributed by atoms with Gasteiger partial charge in [0, 0.05) is 52.7 Å². The molecule has 0 saturated heterocycles. The van der Waals surface area contributed by atoms with Crippen LogP contribution >= 0.6 is 0 Å². The molecule has 3 aliphatic rings. The maximum absolute atomic E-state index is 14.3. The van der Waals surface area contributed by atoms with Crippen LogP contribution in [0.1, 0.15) is 218 Å². The van der Waals surface area contributed by atoms with E-state index in [1.54, 1.807) is 6.92 Å². The number of methoxy groups -OCH3 is 1. The number of esters is 2. The molecule has 3 aromatic heterocycles. The van der Waals surface area contributed by atoms with Crippen molar-refractivity contribution in [2.75, 3.05) is 13.7 Å². The fourth-order valence-electron chi connectivity index (χ4n) is 10.4. The molecule has 0 spiro atoms. The summed E-state index contributed by atoms with van der Waals surface area (Å²) in [5.74, 6) is 0.154. The van der Waals surface area contributed by atoms with E-state index in [9.17, 15) is 19.5 Å². The summed E-state index contributed by atoms with van der Waals surface area (Å²) in [6, 6.07) is 5.77. The molecule has 6 rings (SSSR count). The zero-order valence-electron chi connectivity index (χ0n) is 42.0. The normalized spacial score (nSPS) is 19.0. The maximum Gasteiger partial charge on any atom is 2.00 e. The second kappa shape index (κ2) is 23.2. The summed E-state index contributed by atoms with van der Waals surface area (Å²) in [4.78, 5) is 60.5. The summed E-state index contributed by atoms with van der Waals surface area (Å²) < 4.78 is 11.0. The van der Waals surface area contributed by atoms with Gasteiger partial charge >= 0.3 is 35.0 Å². The van der Waals surface area contributed by atoms with Crippen LogP contribution in [-0.4, -0.2) is 64.5 Å². The van der Waals surface area contributed by atoms with Crippen molar-refractivity contribution in [3.05, 3.63) is 80.4 Å². The van der Waals surface area contributed by atoms with Crippen molar-refractivity contribution < 1.29 is 29.0 Å². The van der Waals surface area contributed by atoms with Gasteiger partial charge in [-0.1, -0.05) is 134 Å². The number of hydrogen-bond acceptors (Lipinski definition) is 8. The minimum atomic E-state index is -0.762. The molecule has 0 N–H and O–H groups in total. The molecule has 0 amide bonds. The minimum Gasteiger partial charge on any atom is -0.871 e. The number of aromatic nitrogens is 4. The number of hydrogen-bond donors (Lipinski definition) is 0. The summed E-state index contributed by atoms with van der Waals surface area (Å²) in [5.41, 5.74) is 8.72. The van der Waals surface area contributed by atoms with E-state index in [0.29, 0.717) is 68.0 Å². The average molecular weight is 911 g/mol. The summed E-state index contributed by atoms with van der Waals surface area (Å²) in [7, 11) is 1.26. The molecule has 2 aliphatic heterocycles. The van der Waals surface area contributed by atoms with Crippen LogP contribution in [0.15, 0.2) is 29.8 Å². The Balaban J connectivity index is 0.00000817. The smallest absolute Gasteiger partial charge is 0.871 e. The van der Waals surface area contributed by atoms with Gasteiger partial charge in [-0.3, -0.25) is 19.6 Å². The molecule has 11 heteroatoms. The molecule has 1 aliphatic carbocycles. The van der Waals surface area contributed by atoms with Crippen molar-refractivity contribution in [2.45, 2.75) is 177 Å². The number of Topliss-reactive ketones (excluding diaryl/α,β-unsaturated/α-hetero) is 1. The SMILES string of the molecule is CC[C@H]1c2cc3[n-]c4c(c5nc(cc6[n-]c(cc(n2)[C@@H]1C)c(C(C)=O)c6C)[C@@H](C)[C@@H]5CCC(=O)OC/C=C(\C)CCC[C@H](C)CCC[C@H](C)CCCC(C)C)C(C(=O)OC)=C([O-])c4c3C.[Mg+2]. The Hall–Kier alpha value is -4.22. The first-order valence-electron chi connectivity index (χ1n) is 24.4. The van der Waals surface area contributed by atoms with Gasteiger partial charge < -0.3 is 24.5 Å². The topological polar surface area (TPSA) is 147 Å². The van der Waals surface area contributed by atoms with Crippen LogP contribution in [0.5, 0.6) is 0 Å². The average Bonchev–Trinajstić information content (AvgIpc) is 4.00. The predicted octanol–water partition coefficient (Wildman–Crippen LogP) is 11.6. The fourth-order valence-corrected chi connectivity index (χ4v) is 10.4. The Kier molecular flexibility index (Phi) is 18.5. The zero-order valence-corrected chi connectivity index (χ0v) is 43.4. The monoisotopic (exact) mass is 910 g/mol. The third-order valence-corrected chi connectivity index (χ3v) is 14.6. The van der Waals surface area contributed by atoms with E-state index in [0.717, 1.165) is 48.0 Å². The molecule has 10 nitrogen and oxygen atoms in total. The summed E-state index contributed by atoms with van der Waals surface area (Å²) >= 11 is 0. The number of carbonyl (C=O) groups excluding carboxylic acids is 3. The molecule has 5 heterocycles. The van der Waals surface area contributed by atoms with Crippen molar-refractivity contribution in [1.82, 2.24) is 19.9 Å². The molecule has 0 saturated carbocycles. The van der Waals surface area contributed by atoms with Gasteiger partial charge in [0.1, 0.15) is 6.61 Å². The third kappa shape index (κ3) is 11.7. The van der Waals surface area contributed by atoms with Crippen LogP contribution < -0.4 is 15.1 Å². The van der Waals surface area contributed by atoms with Crippen molar-refractivity contribution in [1.29, 1.82) is 0 Å². The summed E-state index contributed by atoms with van der Waals surface area (Å²) in [6.45, 7) is 23.3. The molecule has 352 valence electrons. The van der Waals surface area contributed by atoms with E-state index >= 15 is 0 Å². The van der Waals surface area contributed by atoms with Gasteiger partial charge in [0.05, 0.1) is 18.4 Å². The Morgan fingerprint density at radius 2 is 1.36 bits per heavy atom. The van der Waals surface area contributed by atoms with Gasteiger partial charge in [0.2, 0.25) is 0 Å². The summed E-state index contributed by atoms with van der Waals surface area (Å²) in [5, 5.41) is 14.3. The first-order valence-corrected chi connectivity index (χ1v) is 24.4. The zero-order chi connectivity index (χ0) is 47.3. The fraction of sp³-hybridized carbons (Fsp3) is 0.582. The number of carbonyl (C=O) groups is 3. The van der Waals surface area contributed by atoms with Gasteiger partial charge in [-0.2, -0.15) is 0 Å². The molecule has 0 unspecified atom stereocenters. The van der Waals surface area contributed by atoms with Crippen LogP contribution in [0.4, 0.5) is 0 Å². The number of allylic oxidation sites excluding steroid dienone is 1. The molecule has 3 aromatic rings. The van der Waals surface area contributed by atoms with E-state index in [2.05, 4.69) is 48.5 Å². The van der Waals surface area contributed by atoms with Crippen molar-refractivity contribution in [3.8, 4) is 0 Å². The predicted molar refractivity (Wildman–Crippen MR) is 264 cm³/mol. The first-order chi connectivity index (χ1) is 30.9. The Bertz CT molecular complexity index is 2490. The van der Waals surface area contributed by atoms with Crippen LogP contribution in [0.25, 0.3) is 33.4 Å².